The first-order valence-electron chi connectivity index (χ1n) is 7.36. The molecule has 5 nitrogen and oxygen atoms in total. The second-order valence-electron chi connectivity index (χ2n) is 5.51. The van der Waals surface area contributed by atoms with E-state index >= 15 is 0 Å². The van der Waals surface area contributed by atoms with Crippen LogP contribution in [-0.4, -0.2) is 18.4 Å². The van der Waals surface area contributed by atoms with Crippen LogP contribution in [0.2, 0.25) is 0 Å². The molecular formula is C18H18N2O3. The Morgan fingerprint density at radius 2 is 1.74 bits per heavy atom. The summed E-state index contributed by atoms with van der Waals surface area (Å²) in [6.07, 6.45) is 0. The normalized spacial score (nSPS) is 13.1. The number of nitrogens with zero attached hydrogens (tertiary/aromatic N) is 1. The van der Waals surface area contributed by atoms with Gasteiger partial charge in [0.05, 0.1) is 5.71 Å². The van der Waals surface area contributed by atoms with E-state index in [0.717, 1.165) is 11.3 Å². The van der Waals surface area contributed by atoms with Gasteiger partial charge >= 0.3 is 0 Å². The zero-order chi connectivity index (χ0) is 16.4. The molecule has 23 heavy (non-hydrogen) atoms. The molecule has 118 valence electrons. The summed E-state index contributed by atoms with van der Waals surface area (Å²) in [4.78, 5) is 12.2. The first kappa shape index (κ1) is 15.1. The minimum Gasteiger partial charge on any atom is -0.454 e. The Kier molecular flexibility index (Phi) is 4.02. The van der Waals surface area contributed by atoms with Gasteiger partial charge in [0.2, 0.25) is 6.79 Å². The van der Waals surface area contributed by atoms with Gasteiger partial charge in [-0.3, -0.25) is 4.79 Å². The maximum Gasteiger partial charge on any atom is 0.271 e. The van der Waals surface area contributed by atoms with Gasteiger partial charge in [-0.1, -0.05) is 12.1 Å². The highest BCUT2D eigenvalue weighted by Crippen LogP contribution is 2.32. The Morgan fingerprint density at radius 3 is 2.52 bits per heavy atom. The highest BCUT2D eigenvalue weighted by Gasteiger charge is 2.16. The first-order valence-corrected chi connectivity index (χ1v) is 7.36. The van der Waals surface area contributed by atoms with Crippen molar-refractivity contribution in [1.29, 1.82) is 0 Å². The average molecular weight is 310 g/mol. The molecule has 0 bridgehead atoms. The molecule has 1 amide bonds. The van der Waals surface area contributed by atoms with Crippen molar-refractivity contribution in [1.82, 2.24) is 5.43 Å². The van der Waals surface area contributed by atoms with Crippen molar-refractivity contribution in [2.45, 2.75) is 20.8 Å². The van der Waals surface area contributed by atoms with Gasteiger partial charge in [-0.2, -0.15) is 5.10 Å². The summed E-state index contributed by atoms with van der Waals surface area (Å²) in [6, 6.07) is 11.2. The van der Waals surface area contributed by atoms with Crippen LogP contribution in [0.5, 0.6) is 11.5 Å². The number of aryl methyl sites for hydroxylation is 2. The maximum absolute atomic E-state index is 12.2. The smallest absolute Gasteiger partial charge is 0.271 e. The number of hydrazone groups is 1. The number of carbonyl (C=O) groups excluding carboxylic acids is 1. The van der Waals surface area contributed by atoms with Gasteiger partial charge in [0.1, 0.15) is 0 Å². The fourth-order valence-electron chi connectivity index (χ4n) is 2.27. The highest BCUT2D eigenvalue weighted by atomic mass is 16.7. The van der Waals surface area contributed by atoms with E-state index in [-0.39, 0.29) is 12.7 Å². The predicted octanol–water partition coefficient (Wildman–Crippen LogP) is 3.19. The van der Waals surface area contributed by atoms with E-state index in [1.165, 1.54) is 11.1 Å². The summed E-state index contributed by atoms with van der Waals surface area (Å²) in [5.74, 6) is 0.940. The van der Waals surface area contributed by atoms with E-state index in [2.05, 4.69) is 30.4 Å². The molecule has 3 rings (SSSR count). The third kappa shape index (κ3) is 3.18. The number of fused-ring (bicyclic) bond motifs is 1. The molecule has 0 spiro atoms. The van der Waals surface area contributed by atoms with Crippen LogP contribution in [0.4, 0.5) is 0 Å². The molecule has 1 N–H and O–H groups in total. The third-order valence-electron chi connectivity index (χ3n) is 3.88. The van der Waals surface area contributed by atoms with Crippen molar-refractivity contribution in [2.75, 3.05) is 6.79 Å². The molecule has 2 aromatic rings. The fourth-order valence-corrected chi connectivity index (χ4v) is 2.27. The lowest BCUT2D eigenvalue weighted by atomic mass is 10.0. The third-order valence-corrected chi connectivity index (χ3v) is 3.88. The predicted molar refractivity (Wildman–Crippen MR) is 88.2 cm³/mol. The number of hydrogen-bond donors (Lipinski definition) is 1. The number of ether oxygens (including phenoxy) is 2. The molecule has 1 aliphatic heterocycles. The van der Waals surface area contributed by atoms with Crippen LogP contribution in [-0.2, 0) is 0 Å². The van der Waals surface area contributed by atoms with Crippen molar-refractivity contribution in [3.05, 3.63) is 58.7 Å². The van der Waals surface area contributed by atoms with Crippen molar-refractivity contribution in [2.24, 2.45) is 5.10 Å². The van der Waals surface area contributed by atoms with E-state index in [0.29, 0.717) is 17.1 Å². The molecule has 0 saturated heterocycles. The Hall–Kier alpha value is -2.82. The molecule has 0 fully saturated rings. The Labute approximate surface area is 134 Å². The van der Waals surface area contributed by atoms with Gasteiger partial charge < -0.3 is 9.47 Å². The maximum atomic E-state index is 12.2. The van der Waals surface area contributed by atoms with Crippen molar-refractivity contribution < 1.29 is 14.3 Å². The van der Waals surface area contributed by atoms with Gasteiger partial charge in [-0.15, -0.1) is 0 Å². The van der Waals surface area contributed by atoms with Crippen LogP contribution >= 0.6 is 0 Å². The zero-order valence-corrected chi connectivity index (χ0v) is 13.3. The lowest BCUT2D eigenvalue weighted by Gasteiger charge is -2.06. The van der Waals surface area contributed by atoms with Crippen molar-refractivity contribution in [3.8, 4) is 11.5 Å². The first-order chi connectivity index (χ1) is 11.0. The number of hydrogen-bond acceptors (Lipinski definition) is 4. The minimum absolute atomic E-state index is 0.185. The summed E-state index contributed by atoms with van der Waals surface area (Å²) in [6.45, 7) is 6.17. The number of benzene rings is 2. The standard InChI is InChI=1S/C18H18N2O3/c1-11-4-5-14(8-12(11)2)13(3)19-20-18(21)15-6-7-16-17(9-15)23-10-22-16/h4-9H,10H2,1-3H3,(H,20,21)/b19-13-. The van der Waals surface area contributed by atoms with E-state index < -0.39 is 0 Å². The molecule has 2 aromatic carbocycles. The molecule has 5 heteroatoms. The summed E-state index contributed by atoms with van der Waals surface area (Å²) in [7, 11) is 0. The van der Waals surface area contributed by atoms with Crippen molar-refractivity contribution >= 4 is 11.6 Å². The van der Waals surface area contributed by atoms with Gasteiger partial charge in [-0.05, 0) is 61.7 Å². The van der Waals surface area contributed by atoms with Gasteiger partial charge in [0, 0.05) is 5.56 Å². The number of rotatable bonds is 3. The second-order valence-corrected chi connectivity index (χ2v) is 5.51. The molecule has 0 saturated carbocycles. The van der Waals surface area contributed by atoms with E-state index in [1.807, 2.05) is 19.1 Å². The molecule has 1 aliphatic rings. The number of amides is 1. The van der Waals surface area contributed by atoms with Crippen LogP contribution in [0.1, 0.15) is 34.0 Å². The second kappa shape index (κ2) is 6.12. The lowest BCUT2D eigenvalue weighted by Crippen LogP contribution is -2.19. The van der Waals surface area contributed by atoms with Gasteiger partial charge in [0.15, 0.2) is 11.5 Å². The van der Waals surface area contributed by atoms with E-state index in [1.54, 1.807) is 18.2 Å². The largest absolute Gasteiger partial charge is 0.454 e. The Bertz CT molecular complexity index is 797. The van der Waals surface area contributed by atoms with Crippen LogP contribution < -0.4 is 14.9 Å². The zero-order valence-electron chi connectivity index (χ0n) is 13.3. The molecule has 1 heterocycles. The van der Waals surface area contributed by atoms with E-state index in [9.17, 15) is 4.79 Å². The van der Waals surface area contributed by atoms with Crippen LogP contribution in [0, 0.1) is 13.8 Å². The van der Waals surface area contributed by atoms with Crippen molar-refractivity contribution in [3.63, 3.8) is 0 Å². The monoisotopic (exact) mass is 310 g/mol. The molecular weight excluding hydrogens is 292 g/mol. The topological polar surface area (TPSA) is 59.9 Å². The minimum atomic E-state index is -0.286. The lowest BCUT2D eigenvalue weighted by molar-refractivity contribution is 0.0954. The molecule has 0 atom stereocenters. The summed E-state index contributed by atoms with van der Waals surface area (Å²) in [5, 5.41) is 4.18. The SMILES string of the molecule is C/C(=N/NC(=O)c1ccc2c(c1)OCO2)c1ccc(C)c(C)c1. The van der Waals surface area contributed by atoms with Crippen LogP contribution in [0.15, 0.2) is 41.5 Å². The summed E-state index contributed by atoms with van der Waals surface area (Å²) in [5.41, 5.74) is 7.21. The molecule has 0 aromatic heterocycles. The fraction of sp³-hybridized carbons (Fsp3) is 0.222. The van der Waals surface area contributed by atoms with Crippen LogP contribution in [0.25, 0.3) is 0 Å². The summed E-state index contributed by atoms with van der Waals surface area (Å²) >= 11 is 0. The van der Waals surface area contributed by atoms with Crippen LogP contribution in [0.3, 0.4) is 0 Å². The van der Waals surface area contributed by atoms with Gasteiger partial charge in [-0.25, -0.2) is 5.43 Å². The molecule has 0 unspecified atom stereocenters. The molecule has 0 aliphatic carbocycles. The van der Waals surface area contributed by atoms with Gasteiger partial charge in [0.25, 0.3) is 5.91 Å². The number of carbonyl (C=O) groups is 1. The molecule has 0 radical (unpaired) electrons. The highest BCUT2D eigenvalue weighted by molar-refractivity contribution is 6.01. The Morgan fingerprint density at radius 1 is 1.00 bits per heavy atom. The number of nitrogens with one attached hydrogen (secondary N) is 1. The van der Waals surface area contributed by atoms with E-state index in [4.69, 9.17) is 9.47 Å². The quantitative estimate of drug-likeness (QED) is 0.699. The average Bonchev–Trinajstić information content (AvgIpc) is 3.02. The Balaban J connectivity index is 1.73. The summed E-state index contributed by atoms with van der Waals surface area (Å²) < 4.78 is 10.5.